The van der Waals surface area contributed by atoms with Crippen LogP contribution in [-0.2, 0) is 20.0 Å². The first-order valence-electron chi connectivity index (χ1n) is 8.21. The number of amides is 1. The van der Waals surface area contributed by atoms with Crippen LogP contribution in [0.15, 0.2) is 54.7 Å². The van der Waals surface area contributed by atoms with Crippen LogP contribution in [0.4, 0.5) is 5.69 Å². The molecule has 0 unspecified atom stereocenters. The van der Waals surface area contributed by atoms with E-state index in [2.05, 4.69) is 5.10 Å². The zero-order valence-electron chi connectivity index (χ0n) is 14.3. The van der Waals surface area contributed by atoms with E-state index >= 15 is 0 Å². The highest BCUT2D eigenvalue weighted by Crippen LogP contribution is 2.34. The lowest BCUT2D eigenvalue weighted by molar-refractivity contribution is 0.0985. The summed E-state index contributed by atoms with van der Waals surface area (Å²) in [6.45, 7) is 0.497. The van der Waals surface area contributed by atoms with Crippen LogP contribution >= 0.6 is 0 Å². The summed E-state index contributed by atoms with van der Waals surface area (Å²) < 4.78 is 7.27. The maximum Gasteiger partial charge on any atom is 0.258 e. The van der Waals surface area contributed by atoms with Crippen molar-refractivity contribution in [3.05, 3.63) is 77.1 Å². The van der Waals surface area contributed by atoms with E-state index in [-0.39, 0.29) is 5.91 Å². The van der Waals surface area contributed by atoms with Gasteiger partial charge in [-0.2, -0.15) is 5.10 Å². The third-order valence-electron chi connectivity index (χ3n) is 4.68. The van der Waals surface area contributed by atoms with Gasteiger partial charge in [0.15, 0.2) is 0 Å². The average Bonchev–Trinajstić information content (AvgIpc) is 2.90. The van der Waals surface area contributed by atoms with E-state index in [1.807, 2.05) is 71.4 Å². The Labute approximate surface area is 146 Å². The maximum absolute atomic E-state index is 13.2. The van der Waals surface area contributed by atoms with Gasteiger partial charge >= 0.3 is 0 Å². The molecule has 2 aromatic carbocycles. The second kappa shape index (κ2) is 6.09. The van der Waals surface area contributed by atoms with E-state index in [1.54, 1.807) is 7.11 Å². The van der Waals surface area contributed by atoms with Crippen molar-refractivity contribution in [2.45, 2.75) is 13.0 Å². The Morgan fingerprint density at radius 2 is 1.92 bits per heavy atom. The molecule has 0 aliphatic carbocycles. The summed E-state index contributed by atoms with van der Waals surface area (Å²) >= 11 is 0. The normalized spacial score (nSPS) is 13.0. The number of ether oxygens (including phenoxy) is 1. The fourth-order valence-electron chi connectivity index (χ4n) is 3.29. The Morgan fingerprint density at radius 1 is 1.12 bits per heavy atom. The van der Waals surface area contributed by atoms with Crippen molar-refractivity contribution in [2.24, 2.45) is 7.05 Å². The summed E-state index contributed by atoms with van der Waals surface area (Å²) in [7, 11) is 3.58. The molecule has 0 N–H and O–H groups in total. The SMILES string of the molecule is COc1ccc2c(c1)N(C(=O)c1ccccc1)Cc1cnn(C)c1C2. The largest absolute Gasteiger partial charge is 0.497 e. The van der Waals surface area contributed by atoms with Crippen molar-refractivity contribution in [2.75, 3.05) is 12.0 Å². The highest BCUT2D eigenvalue weighted by molar-refractivity contribution is 6.06. The minimum absolute atomic E-state index is 0.0215. The van der Waals surface area contributed by atoms with E-state index in [0.717, 1.165) is 34.7 Å². The van der Waals surface area contributed by atoms with E-state index < -0.39 is 0 Å². The van der Waals surface area contributed by atoms with Crippen LogP contribution in [0.2, 0.25) is 0 Å². The van der Waals surface area contributed by atoms with Gasteiger partial charge in [0.1, 0.15) is 5.75 Å². The number of benzene rings is 2. The second-order valence-electron chi connectivity index (χ2n) is 6.17. The third-order valence-corrected chi connectivity index (χ3v) is 4.68. The molecule has 25 heavy (non-hydrogen) atoms. The molecule has 1 aromatic heterocycles. The topological polar surface area (TPSA) is 47.4 Å². The van der Waals surface area contributed by atoms with Gasteiger partial charge in [0.2, 0.25) is 0 Å². The molecule has 5 nitrogen and oxygen atoms in total. The Balaban J connectivity index is 1.86. The Morgan fingerprint density at radius 3 is 2.68 bits per heavy atom. The molecule has 1 amide bonds. The van der Waals surface area contributed by atoms with Crippen molar-refractivity contribution in [3.63, 3.8) is 0 Å². The highest BCUT2D eigenvalue weighted by atomic mass is 16.5. The summed E-state index contributed by atoms with van der Waals surface area (Å²) in [6.07, 6.45) is 2.59. The second-order valence-corrected chi connectivity index (χ2v) is 6.17. The number of hydrogen-bond donors (Lipinski definition) is 0. The summed E-state index contributed by atoms with van der Waals surface area (Å²) in [4.78, 5) is 15.0. The Hall–Kier alpha value is -3.08. The first-order valence-corrected chi connectivity index (χ1v) is 8.21. The van der Waals surface area contributed by atoms with Crippen molar-refractivity contribution in [3.8, 4) is 5.75 Å². The first kappa shape index (κ1) is 15.4. The van der Waals surface area contributed by atoms with Gasteiger partial charge in [-0.1, -0.05) is 24.3 Å². The van der Waals surface area contributed by atoms with Gasteiger partial charge < -0.3 is 9.64 Å². The predicted molar refractivity (Wildman–Crippen MR) is 96.0 cm³/mol. The van der Waals surface area contributed by atoms with Gasteiger partial charge in [-0.25, -0.2) is 0 Å². The summed E-state index contributed by atoms with van der Waals surface area (Å²) in [5.74, 6) is 0.723. The third kappa shape index (κ3) is 2.67. The van der Waals surface area contributed by atoms with Crippen LogP contribution < -0.4 is 9.64 Å². The van der Waals surface area contributed by atoms with Gasteiger partial charge in [-0.05, 0) is 23.8 Å². The summed E-state index contributed by atoms with van der Waals surface area (Å²) in [5.41, 5.74) is 4.86. The van der Waals surface area contributed by atoms with Crippen LogP contribution in [-0.4, -0.2) is 22.8 Å². The van der Waals surface area contributed by atoms with Gasteiger partial charge in [-0.15, -0.1) is 0 Å². The molecule has 0 radical (unpaired) electrons. The molecular weight excluding hydrogens is 314 g/mol. The highest BCUT2D eigenvalue weighted by Gasteiger charge is 2.27. The van der Waals surface area contributed by atoms with Crippen molar-refractivity contribution in [1.82, 2.24) is 9.78 Å². The van der Waals surface area contributed by atoms with Crippen molar-refractivity contribution in [1.29, 1.82) is 0 Å². The smallest absolute Gasteiger partial charge is 0.258 e. The van der Waals surface area contributed by atoms with Gasteiger partial charge in [0.25, 0.3) is 5.91 Å². The number of carbonyl (C=O) groups excluding carboxylic acids is 1. The van der Waals surface area contributed by atoms with E-state index in [1.165, 1.54) is 0 Å². The molecule has 0 saturated heterocycles. The molecule has 1 aliphatic rings. The zero-order valence-corrected chi connectivity index (χ0v) is 14.3. The molecule has 1 aliphatic heterocycles. The molecule has 3 aromatic rings. The van der Waals surface area contributed by atoms with Crippen molar-refractivity contribution >= 4 is 11.6 Å². The van der Waals surface area contributed by atoms with Crippen LogP contribution in [0, 0.1) is 0 Å². The monoisotopic (exact) mass is 333 g/mol. The fourth-order valence-corrected chi connectivity index (χ4v) is 3.29. The zero-order chi connectivity index (χ0) is 17.4. The summed E-state index contributed by atoms with van der Waals surface area (Å²) in [6, 6.07) is 15.3. The van der Waals surface area contributed by atoms with Crippen LogP contribution in [0.3, 0.4) is 0 Å². The number of nitrogens with zero attached hydrogens (tertiary/aromatic N) is 3. The molecule has 0 atom stereocenters. The Kier molecular flexibility index (Phi) is 3.76. The molecule has 0 fully saturated rings. The molecular formula is C20H19N3O2. The van der Waals surface area contributed by atoms with Crippen LogP contribution in [0.25, 0.3) is 0 Å². The number of aromatic nitrogens is 2. The minimum Gasteiger partial charge on any atom is -0.497 e. The lowest BCUT2D eigenvalue weighted by atomic mass is 10.1. The first-order chi connectivity index (χ1) is 12.2. The molecule has 5 heteroatoms. The molecule has 126 valence electrons. The minimum atomic E-state index is -0.0215. The summed E-state index contributed by atoms with van der Waals surface area (Å²) in [5, 5.41) is 4.37. The molecule has 4 rings (SSSR count). The van der Waals surface area contributed by atoms with Gasteiger partial charge in [0.05, 0.1) is 25.5 Å². The molecule has 2 heterocycles. The number of hydrogen-bond acceptors (Lipinski definition) is 3. The fraction of sp³-hybridized carbons (Fsp3) is 0.200. The quantitative estimate of drug-likeness (QED) is 0.724. The number of methoxy groups -OCH3 is 1. The van der Waals surface area contributed by atoms with E-state index in [9.17, 15) is 4.79 Å². The van der Waals surface area contributed by atoms with Gasteiger partial charge in [-0.3, -0.25) is 9.48 Å². The molecule has 0 saturated carbocycles. The number of fused-ring (bicyclic) bond motifs is 2. The standard InChI is InChI=1S/C20H19N3O2/c1-22-18-10-15-8-9-17(25-2)11-19(15)23(13-16(18)12-21-22)20(24)14-6-4-3-5-7-14/h3-9,11-12H,10,13H2,1-2H3. The Bertz CT molecular complexity index is 931. The van der Waals surface area contributed by atoms with Crippen LogP contribution in [0.1, 0.15) is 27.2 Å². The maximum atomic E-state index is 13.2. The lowest BCUT2D eigenvalue weighted by Gasteiger charge is -2.23. The van der Waals surface area contributed by atoms with Crippen molar-refractivity contribution < 1.29 is 9.53 Å². The van der Waals surface area contributed by atoms with Crippen LogP contribution in [0.5, 0.6) is 5.75 Å². The number of rotatable bonds is 2. The van der Waals surface area contributed by atoms with E-state index in [0.29, 0.717) is 12.1 Å². The van der Waals surface area contributed by atoms with Gasteiger partial charge in [0, 0.05) is 36.4 Å². The lowest BCUT2D eigenvalue weighted by Crippen LogP contribution is -2.30. The molecule has 0 spiro atoms. The predicted octanol–water partition coefficient (Wildman–Crippen LogP) is 3.18. The van der Waals surface area contributed by atoms with E-state index in [4.69, 9.17) is 4.74 Å². The number of carbonyl (C=O) groups is 1. The number of aryl methyl sites for hydroxylation is 1. The average molecular weight is 333 g/mol. The number of anilines is 1. The molecule has 0 bridgehead atoms.